The molecule has 1 saturated heterocycles. The van der Waals surface area contributed by atoms with Gasteiger partial charge in [-0.15, -0.1) is 0 Å². The highest BCUT2D eigenvalue weighted by Crippen LogP contribution is 2.38. The highest BCUT2D eigenvalue weighted by atomic mass is 28.6. The largest absolute Gasteiger partial charge is 0.483 e. The van der Waals surface area contributed by atoms with E-state index in [4.69, 9.17) is 34.2 Å². The summed E-state index contributed by atoms with van der Waals surface area (Å²) < 4.78 is 52.3. The predicted octanol–water partition coefficient (Wildman–Crippen LogP) is 5.60. The van der Waals surface area contributed by atoms with Crippen LogP contribution in [0.2, 0.25) is 26.2 Å². The standard InChI is InChI=1S/C20H48O8Si4/c1-17(2,3)21-29(13)25-30(14,22-18(4,5)6)27-32(16,24-20(10,11)12)28-31(15,26-29)23-19(7,8)9/h1-16H3. The fourth-order valence-corrected chi connectivity index (χ4v) is 22.5. The lowest BCUT2D eigenvalue weighted by Gasteiger charge is -2.50. The van der Waals surface area contributed by atoms with E-state index >= 15 is 0 Å². The van der Waals surface area contributed by atoms with E-state index in [1.807, 2.05) is 109 Å². The first-order valence-electron chi connectivity index (χ1n) is 11.3. The Morgan fingerprint density at radius 1 is 0.344 bits per heavy atom. The van der Waals surface area contributed by atoms with E-state index in [0.29, 0.717) is 0 Å². The maximum Gasteiger partial charge on any atom is 0.483 e. The molecule has 1 fully saturated rings. The molecule has 1 aliphatic rings. The monoisotopic (exact) mass is 528 g/mol. The minimum absolute atomic E-state index is 0.517. The molecule has 1 rings (SSSR count). The Labute approximate surface area is 201 Å². The molecule has 0 spiro atoms. The smallest absolute Gasteiger partial charge is 0.373 e. The van der Waals surface area contributed by atoms with Crippen LogP contribution in [0.4, 0.5) is 0 Å². The zero-order chi connectivity index (χ0) is 25.7. The molecular weight excluding hydrogens is 481 g/mol. The SMILES string of the molecule is CC(C)(C)O[Si]1(C)O[Si](C)(OC(C)(C)C)O[Si](C)(OC(C)(C)C)O[Si](C)(OC(C)(C)C)O1. The molecule has 1 heterocycles. The van der Waals surface area contributed by atoms with Crippen LogP contribution in [-0.4, -0.2) is 57.6 Å². The van der Waals surface area contributed by atoms with Gasteiger partial charge in [-0.2, -0.15) is 0 Å². The van der Waals surface area contributed by atoms with Crippen molar-refractivity contribution in [2.24, 2.45) is 0 Å². The van der Waals surface area contributed by atoms with Crippen molar-refractivity contribution in [3.05, 3.63) is 0 Å². The Morgan fingerprint density at radius 2 is 0.469 bits per heavy atom. The molecule has 0 unspecified atom stereocenters. The summed E-state index contributed by atoms with van der Waals surface area (Å²) in [6, 6.07) is 0. The molecule has 192 valence electrons. The molecule has 0 aromatic rings. The minimum atomic E-state index is -3.36. The summed E-state index contributed by atoms with van der Waals surface area (Å²) in [5, 5.41) is 0. The van der Waals surface area contributed by atoms with Gasteiger partial charge in [-0.1, -0.05) is 0 Å². The quantitative estimate of drug-likeness (QED) is 0.436. The van der Waals surface area contributed by atoms with Crippen molar-refractivity contribution in [3.8, 4) is 0 Å². The number of hydrogen-bond donors (Lipinski definition) is 0. The van der Waals surface area contributed by atoms with Gasteiger partial charge in [0.25, 0.3) is 0 Å². The van der Waals surface area contributed by atoms with Gasteiger partial charge in [0.1, 0.15) is 0 Å². The lowest BCUT2D eigenvalue weighted by Crippen LogP contribution is -2.73. The maximum absolute atomic E-state index is 6.66. The van der Waals surface area contributed by atoms with Gasteiger partial charge in [-0.3, -0.25) is 0 Å². The first kappa shape index (κ1) is 30.6. The molecule has 0 aliphatic carbocycles. The first-order chi connectivity index (χ1) is 13.7. The number of hydrogen-bond acceptors (Lipinski definition) is 8. The molecule has 12 heteroatoms. The summed E-state index contributed by atoms with van der Waals surface area (Å²) in [5.74, 6) is 0. The average molecular weight is 529 g/mol. The third-order valence-corrected chi connectivity index (χ3v) is 19.2. The van der Waals surface area contributed by atoms with Gasteiger partial charge in [0.2, 0.25) is 0 Å². The zero-order valence-corrected chi connectivity index (χ0v) is 27.3. The maximum atomic E-state index is 6.66. The molecule has 32 heavy (non-hydrogen) atoms. The van der Waals surface area contributed by atoms with Crippen LogP contribution < -0.4 is 0 Å². The van der Waals surface area contributed by atoms with Crippen LogP contribution in [0, 0.1) is 0 Å². The molecule has 0 radical (unpaired) electrons. The molecule has 8 nitrogen and oxygen atoms in total. The fourth-order valence-electron chi connectivity index (χ4n) is 3.82. The van der Waals surface area contributed by atoms with Crippen LogP contribution in [-0.2, 0) is 34.2 Å². The predicted molar refractivity (Wildman–Crippen MR) is 134 cm³/mol. The Hall–Kier alpha value is 0.548. The topological polar surface area (TPSA) is 73.8 Å². The third-order valence-electron chi connectivity index (χ3n) is 3.45. The Balaban J connectivity index is 3.62. The van der Waals surface area contributed by atoms with E-state index in [-0.39, 0.29) is 0 Å². The molecule has 0 N–H and O–H groups in total. The van der Waals surface area contributed by atoms with E-state index in [9.17, 15) is 0 Å². The van der Waals surface area contributed by atoms with Gasteiger partial charge in [-0.05, 0) is 83.1 Å². The van der Waals surface area contributed by atoms with E-state index < -0.39 is 57.6 Å². The van der Waals surface area contributed by atoms with E-state index in [1.165, 1.54) is 0 Å². The van der Waals surface area contributed by atoms with Gasteiger partial charge in [0, 0.05) is 26.2 Å². The Kier molecular flexibility index (Phi) is 8.80. The summed E-state index contributed by atoms with van der Waals surface area (Å²) in [6.45, 7) is 31.0. The van der Waals surface area contributed by atoms with Crippen LogP contribution in [0.15, 0.2) is 0 Å². The zero-order valence-electron chi connectivity index (χ0n) is 23.3. The van der Waals surface area contributed by atoms with Crippen molar-refractivity contribution < 1.29 is 34.2 Å². The first-order valence-corrected chi connectivity index (χ1v) is 20.2. The second-order valence-corrected chi connectivity index (χ2v) is 23.7. The summed E-state index contributed by atoms with van der Waals surface area (Å²) in [6.07, 6.45) is 0. The van der Waals surface area contributed by atoms with Crippen molar-refractivity contribution >= 4 is 35.2 Å². The summed E-state index contributed by atoms with van der Waals surface area (Å²) in [4.78, 5) is 0. The Bertz CT molecular complexity index is 526. The summed E-state index contributed by atoms with van der Waals surface area (Å²) in [7, 11) is -13.4. The van der Waals surface area contributed by atoms with Crippen LogP contribution in [0.5, 0.6) is 0 Å². The molecule has 0 atom stereocenters. The van der Waals surface area contributed by atoms with Gasteiger partial charge in [0.15, 0.2) is 0 Å². The van der Waals surface area contributed by atoms with Gasteiger partial charge >= 0.3 is 35.2 Å². The molecule has 1 aliphatic heterocycles. The van der Waals surface area contributed by atoms with Crippen LogP contribution in [0.25, 0.3) is 0 Å². The average Bonchev–Trinajstić information content (AvgIpc) is 2.21. The highest BCUT2D eigenvalue weighted by Gasteiger charge is 2.65. The third kappa shape index (κ3) is 11.3. The van der Waals surface area contributed by atoms with Crippen molar-refractivity contribution in [1.82, 2.24) is 0 Å². The summed E-state index contributed by atoms with van der Waals surface area (Å²) >= 11 is 0. The molecule has 0 saturated carbocycles. The summed E-state index contributed by atoms with van der Waals surface area (Å²) in [5.41, 5.74) is -2.07. The van der Waals surface area contributed by atoms with Gasteiger partial charge < -0.3 is 34.2 Å². The molecule has 0 amide bonds. The van der Waals surface area contributed by atoms with Gasteiger partial charge in [0.05, 0.1) is 22.4 Å². The molecule has 0 aromatic carbocycles. The van der Waals surface area contributed by atoms with Gasteiger partial charge in [-0.25, -0.2) is 0 Å². The molecule has 0 bridgehead atoms. The number of rotatable bonds is 4. The van der Waals surface area contributed by atoms with E-state index in [0.717, 1.165) is 0 Å². The van der Waals surface area contributed by atoms with E-state index in [2.05, 4.69) is 0 Å². The second kappa shape index (κ2) is 9.21. The van der Waals surface area contributed by atoms with Crippen LogP contribution >= 0.6 is 0 Å². The highest BCUT2D eigenvalue weighted by molar-refractivity contribution is 6.88. The van der Waals surface area contributed by atoms with E-state index in [1.54, 1.807) is 0 Å². The van der Waals surface area contributed by atoms with Crippen molar-refractivity contribution in [1.29, 1.82) is 0 Å². The Morgan fingerprint density at radius 3 is 0.562 bits per heavy atom. The van der Waals surface area contributed by atoms with Crippen LogP contribution in [0.3, 0.4) is 0 Å². The second-order valence-electron chi connectivity index (χ2n) is 12.7. The lowest BCUT2D eigenvalue weighted by molar-refractivity contribution is -0.0485. The van der Waals surface area contributed by atoms with Crippen molar-refractivity contribution in [2.45, 2.75) is 132 Å². The molecular formula is C20H48O8Si4. The fraction of sp³-hybridized carbons (Fsp3) is 1.00. The molecule has 0 aromatic heterocycles. The van der Waals surface area contributed by atoms with Crippen LogP contribution in [0.1, 0.15) is 83.1 Å². The minimum Gasteiger partial charge on any atom is -0.373 e. The van der Waals surface area contributed by atoms with Crippen molar-refractivity contribution in [3.63, 3.8) is 0 Å². The lowest BCUT2D eigenvalue weighted by atomic mass is 10.2. The normalized spacial score (nSPS) is 36.0. The van der Waals surface area contributed by atoms with Crippen molar-refractivity contribution in [2.75, 3.05) is 0 Å².